The number of ether oxygens (including phenoxy) is 1. The Morgan fingerprint density at radius 1 is 1.35 bits per heavy atom. The van der Waals surface area contributed by atoms with E-state index in [4.69, 9.17) is 17.1 Å². The van der Waals surface area contributed by atoms with Gasteiger partial charge < -0.3 is 14.7 Å². The largest absolute Gasteiger partial charge is 0.497 e. The molecule has 3 nitrogen and oxygen atoms in total. The van der Waals surface area contributed by atoms with Crippen molar-refractivity contribution in [3.63, 3.8) is 0 Å². The summed E-state index contributed by atoms with van der Waals surface area (Å²) in [5.41, 5.74) is -1.98. The van der Waals surface area contributed by atoms with Gasteiger partial charge in [0.15, 0.2) is 0 Å². The van der Waals surface area contributed by atoms with Gasteiger partial charge in [-0.15, -0.1) is 0 Å². The van der Waals surface area contributed by atoms with Crippen LogP contribution in [0.25, 0.3) is 0 Å². The van der Waals surface area contributed by atoms with Crippen LogP contribution in [0.15, 0.2) is 24.3 Å². The van der Waals surface area contributed by atoms with Crippen LogP contribution in [-0.4, -0.2) is 43.2 Å². The molecule has 0 amide bonds. The summed E-state index contributed by atoms with van der Waals surface area (Å²) in [5.74, 6) is -2.16. The number of hydrogen-bond donors (Lipinski definition) is 1. The predicted molar refractivity (Wildman–Crippen MR) is 82.3 cm³/mol. The number of benzene rings is 1. The maximum Gasteiger partial charge on any atom is 0.118 e. The van der Waals surface area contributed by atoms with Gasteiger partial charge in [-0.1, -0.05) is 31.4 Å². The topological polar surface area (TPSA) is 32.7 Å². The lowest BCUT2D eigenvalue weighted by molar-refractivity contribution is -0.0277. The second-order valence-corrected chi connectivity index (χ2v) is 5.14. The molecule has 20 heavy (non-hydrogen) atoms. The molecule has 0 aliphatic heterocycles. The highest BCUT2D eigenvalue weighted by Gasteiger charge is 2.38. The van der Waals surface area contributed by atoms with Gasteiger partial charge in [-0.3, -0.25) is 0 Å². The van der Waals surface area contributed by atoms with Crippen molar-refractivity contribution < 1.29 is 22.2 Å². The van der Waals surface area contributed by atoms with Gasteiger partial charge in [-0.2, -0.15) is 0 Å². The van der Waals surface area contributed by atoms with Crippen molar-refractivity contribution in [2.75, 3.05) is 27.6 Å². The molecule has 3 heteroatoms. The number of aliphatic hydroxyl groups is 1. The molecule has 0 aromatic heterocycles. The zero-order valence-electron chi connectivity index (χ0n) is 20.6. The van der Waals surface area contributed by atoms with Crippen molar-refractivity contribution in [3.8, 4) is 5.75 Å². The fourth-order valence-corrected chi connectivity index (χ4v) is 2.69. The van der Waals surface area contributed by atoms with E-state index in [1.54, 1.807) is 0 Å². The molecular formula is C17H27NO2. The highest BCUT2D eigenvalue weighted by atomic mass is 16.5. The summed E-state index contributed by atoms with van der Waals surface area (Å²) in [6.07, 6.45) is 1.93. The summed E-state index contributed by atoms with van der Waals surface area (Å²) in [7, 11) is 1.43. The smallest absolute Gasteiger partial charge is 0.118 e. The Morgan fingerprint density at radius 2 is 2.00 bits per heavy atom. The summed E-state index contributed by atoms with van der Waals surface area (Å²) < 4.78 is 77.5. The molecule has 1 atom stereocenters. The van der Waals surface area contributed by atoms with E-state index in [1.165, 1.54) is 31.4 Å². The van der Waals surface area contributed by atoms with E-state index in [9.17, 15) is 5.11 Å². The van der Waals surface area contributed by atoms with E-state index in [2.05, 4.69) is 0 Å². The zero-order chi connectivity index (χ0) is 22.3. The van der Waals surface area contributed by atoms with Crippen LogP contribution < -0.4 is 4.74 Å². The Kier molecular flexibility index (Phi) is 2.40. The van der Waals surface area contributed by atoms with Crippen LogP contribution in [0.4, 0.5) is 0 Å². The lowest BCUT2D eigenvalue weighted by atomic mass is 9.72. The second kappa shape index (κ2) is 6.59. The Bertz CT molecular complexity index is 682. The van der Waals surface area contributed by atoms with E-state index in [0.717, 1.165) is 6.42 Å². The molecule has 1 saturated carbocycles. The van der Waals surface area contributed by atoms with Crippen LogP contribution in [0.1, 0.15) is 55.9 Å². The number of nitrogens with zero attached hydrogens (tertiary/aromatic N) is 1. The highest BCUT2D eigenvalue weighted by molar-refractivity contribution is 5.31. The zero-order valence-corrected chi connectivity index (χ0v) is 11.6. The Labute approximate surface area is 135 Å². The fraction of sp³-hybridized carbons (Fsp3) is 0.647. The van der Waals surface area contributed by atoms with Crippen LogP contribution in [0.2, 0.25) is 0 Å². The van der Waals surface area contributed by atoms with Gasteiger partial charge in [0.1, 0.15) is 5.75 Å². The van der Waals surface area contributed by atoms with E-state index in [-0.39, 0.29) is 23.3 Å². The van der Waals surface area contributed by atoms with Gasteiger partial charge in [0, 0.05) is 24.7 Å². The van der Waals surface area contributed by atoms with Crippen molar-refractivity contribution in [3.05, 3.63) is 29.8 Å². The quantitative estimate of drug-likeness (QED) is 0.903. The van der Waals surface area contributed by atoms with E-state index in [1.807, 2.05) is 0 Å². The molecule has 1 fully saturated rings. The first-order valence-electron chi connectivity index (χ1n) is 11.3. The third kappa shape index (κ3) is 3.53. The Balaban J connectivity index is 2.77. The van der Waals surface area contributed by atoms with Gasteiger partial charge >= 0.3 is 0 Å². The summed E-state index contributed by atoms with van der Waals surface area (Å²) in [5, 5.41) is 11.4. The molecule has 112 valence electrons. The van der Waals surface area contributed by atoms with Gasteiger partial charge in [0.2, 0.25) is 0 Å². The number of likely N-dealkylation sites (N-methyl/N-ethyl adjacent to an activating group) is 1. The average molecular weight is 286 g/mol. The third-order valence-corrected chi connectivity index (χ3v) is 3.75. The molecule has 0 spiro atoms. The van der Waals surface area contributed by atoms with Crippen molar-refractivity contribution in [1.82, 2.24) is 4.90 Å². The van der Waals surface area contributed by atoms with Crippen LogP contribution in [-0.2, 0) is 0 Å². The molecule has 1 N–H and O–H groups in total. The Morgan fingerprint density at radius 3 is 2.55 bits per heavy atom. The number of hydrogen-bond acceptors (Lipinski definition) is 3. The van der Waals surface area contributed by atoms with E-state index in [0.29, 0.717) is 18.6 Å². The molecule has 0 bridgehead atoms. The average Bonchev–Trinajstić information content (AvgIpc) is 2.58. The minimum absolute atomic E-state index is 0.0220. The van der Waals surface area contributed by atoms with E-state index < -0.39 is 31.9 Å². The second-order valence-electron chi connectivity index (χ2n) is 5.14. The normalized spacial score (nSPS) is 30.1. The molecule has 0 heterocycles. The molecule has 1 unspecified atom stereocenters. The van der Waals surface area contributed by atoms with Crippen LogP contribution in [0.3, 0.4) is 0 Å². The molecule has 1 aromatic carbocycles. The summed E-state index contributed by atoms with van der Waals surface area (Å²) in [4.78, 5) is -0.239. The van der Waals surface area contributed by atoms with Crippen molar-refractivity contribution >= 4 is 0 Å². The lowest BCUT2D eigenvalue weighted by Gasteiger charge is -2.40. The molecular weight excluding hydrogens is 250 g/mol. The van der Waals surface area contributed by atoms with Gasteiger partial charge in [-0.05, 0) is 44.5 Å². The minimum Gasteiger partial charge on any atom is -0.497 e. The maximum absolute atomic E-state index is 11.4. The molecule has 2 rings (SSSR count). The molecule has 1 aliphatic rings. The van der Waals surface area contributed by atoms with Gasteiger partial charge in [0.05, 0.1) is 12.7 Å². The number of rotatable bonds is 5. The molecule has 0 radical (unpaired) electrons. The summed E-state index contributed by atoms with van der Waals surface area (Å²) in [6, 6.07) is 5.67. The van der Waals surface area contributed by atoms with Crippen molar-refractivity contribution in [2.45, 2.75) is 43.6 Å². The number of methoxy groups -OCH3 is 1. The van der Waals surface area contributed by atoms with Crippen LogP contribution in [0.5, 0.6) is 5.75 Å². The highest BCUT2D eigenvalue weighted by Crippen LogP contribution is 2.40. The van der Waals surface area contributed by atoms with Crippen LogP contribution in [0, 0.1) is 0 Å². The fourth-order valence-electron chi connectivity index (χ4n) is 2.69. The molecule has 1 aliphatic carbocycles. The maximum atomic E-state index is 11.4. The summed E-state index contributed by atoms with van der Waals surface area (Å²) >= 11 is 0. The van der Waals surface area contributed by atoms with Gasteiger partial charge in [-0.25, -0.2) is 0 Å². The van der Waals surface area contributed by atoms with Crippen LogP contribution >= 0.6 is 0 Å². The monoisotopic (exact) mass is 286 g/mol. The Hall–Kier alpha value is -1.06. The lowest BCUT2D eigenvalue weighted by Crippen LogP contribution is -2.42. The van der Waals surface area contributed by atoms with Gasteiger partial charge in [0.25, 0.3) is 0 Å². The van der Waals surface area contributed by atoms with Crippen molar-refractivity contribution in [1.29, 1.82) is 0 Å². The third-order valence-electron chi connectivity index (χ3n) is 3.75. The molecule has 0 saturated heterocycles. The first-order valence-corrected chi connectivity index (χ1v) is 6.79. The molecule has 1 aromatic rings. The summed E-state index contributed by atoms with van der Waals surface area (Å²) in [6.45, 7) is -9.98. The van der Waals surface area contributed by atoms with E-state index >= 15 is 0 Å². The standard InChI is InChI=1S/C17H27NO2/c1-18(2)13-16(17(19)11-5-4-6-12-17)14-7-9-15(20-3)10-8-14/h7-10,16,19H,4-6,11-13H2,1-3H3/i1D3,2D3,13D2,16D. The minimum atomic E-state index is -3.36. The van der Waals surface area contributed by atoms with Crippen molar-refractivity contribution in [2.24, 2.45) is 0 Å². The first kappa shape index (κ1) is 7.28. The first-order chi connectivity index (χ1) is 13.1. The predicted octanol–water partition coefficient (Wildman–Crippen LogP) is 3.04. The SMILES string of the molecule is [2H]C([2H])([2H])N(C([2H])([2H])[2H])C([2H])([2H])C([2H])(c1ccc(OC)cc1)C1(O)CCCCC1.